The Hall–Kier alpha value is -2.71. The second-order valence-electron chi connectivity index (χ2n) is 7.43. The lowest BCUT2D eigenvalue weighted by atomic mass is 9.85. The average molecular weight is 420 g/mol. The molecule has 2 N–H and O–H groups in total. The molecule has 0 unspecified atom stereocenters. The summed E-state index contributed by atoms with van der Waals surface area (Å²) in [7, 11) is 0. The van der Waals surface area contributed by atoms with Crippen LogP contribution in [0.15, 0.2) is 47.1 Å². The molecule has 0 amide bonds. The number of hydrogen-bond acceptors (Lipinski definition) is 8. The van der Waals surface area contributed by atoms with Crippen LogP contribution in [0.2, 0.25) is 0 Å². The van der Waals surface area contributed by atoms with Crippen LogP contribution in [-0.2, 0) is 28.6 Å². The van der Waals surface area contributed by atoms with E-state index in [-0.39, 0.29) is 11.1 Å². The Morgan fingerprint density at radius 2 is 2.00 bits per heavy atom. The molecule has 2 rings (SSSR count). The van der Waals surface area contributed by atoms with Gasteiger partial charge in [-0.1, -0.05) is 18.2 Å². The third-order valence-electron chi connectivity index (χ3n) is 5.14. The normalized spacial score (nSPS) is 30.9. The molecule has 8 heteroatoms. The lowest BCUT2D eigenvalue weighted by molar-refractivity contribution is -0.148. The van der Waals surface area contributed by atoms with E-state index in [1.807, 2.05) is 13.0 Å². The summed E-state index contributed by atoms with van der Waals surface area (Å²) in [5, 5.41) is 18.4. The fourth-order valence-corrected chi connectivity index (χ4v) is 3.56. The van der Waals surface area contributed by atoms with Crippen molar-refractivity contribution in [1.82, 2.24) is 0 Å². The smallest absolute Gasteiger partial charge is 0.336 e. The van der Waals surface area contributed by atoms with Crippen LogP contribution in [0.5, 0.6) is 0 Å². The van der Waals surface area contributed by atoms with E-state index in [0.29, 0.717) is 18.4 Å². The second kappa shape index (κ2) is 10.4. The highest BCUT2D eigenvalue weighted by Gasteiger charge is 2.45. The first-order valence-electron chi connectivity index (χ1n) is 9.70. The Morgan fingerprint density at radius 3 is 2.60 bits per heavy atom. The number of hydrogen-bond donors (Lipinski definition) is 2. The zero-order valence-corrected chi connectivity index (χ0v) is 17.4. The highest BCUT2D eigenvalue weighted by atomic mass is 16.6. The molecule has 4 atom stereocenters. The maximum Gasteiger partial charge on any atom is 0.336 e. The average Bonchev–Trinajstić information content (AvgIpc) is 2.94. The molecule has 0 aromatic heterocycles. The minimum atomic E-state index is -0.786. The van der Waals surface area contributed by atoms with Gasteiger partial charge in [0.1, 0.15) is 18.3 Å². The van der Waals surface area contributed by atoms with Crippen LogP contribution in [-0.4, -0.2) is 59.6 Å². The number of rotatable bonds is 5. The van der Waals surface area contributed by atoms with E-state index in [2.05, 4.69) is 6.58 Å². The highest BCUT2D eigenvalue weighted by Crippen LogP contribution is 2.36. The molecule has 0 aromatic carbocycles. The molecule has 8 nitrogen and oxygen atoms in total. The van der Waals surface area contributed by atoms with Crippen molar-refractivity contribution in [3.63, 3.8) is 0 Å². The SMILES string of the molecule is C=C1C(=O)O[C@@H]2/C=C(\C)[C@@H](OC(C)=O)C/C=C(\C)C[C@H](OC(=O)/C(=C/CO)CO)[C@H]12. The van der Waals surface area contributed by atoms with E-state index in [1.165, 1.54) is 13.0 Å². The highest BCUT2D eigenvalue weighted by molar-refractivity contribution is 5.92. The third-order valence-corrected chi connectivity index (χ3v) is 5.14. The summed E-state index contributed by atoms with van der Waals surface area (Å²) in [5.74, 6) is -2.44. The first-order chi connectivity index (χ1) is 14.2. The van der Waals surface area contributed by atoms with Crippen LogP contribution in [0.4, 0.5) is 0 Å². The van der Waals surface area contributed by atoms with Gasteiger partial charge < -0.3 is 24.4 Å². The lowest BCUT2D eigenvalue weighted by Gasteiger charge is -2.28. The molecule has 0 aromatic rings. The minimum absolute atomic E-state index is 0.0784. The predicted molar refractivity (Wildman–Crippen MR) is 107 cm³/mol. The summed E-state index contributed by atoms with van der Waals surface area (Å²) in [5.41, 5.74) is 1.67. The van der Waals surface area contributed by atoms with Crippen molar-refractivity contribution in [2.24, 2.45) is 5.92 Å². The molecule has 0 saturated carbocycles. The van der Waals surface area contributed by atoms with Gasteiger partial charge in [0.15, 0.2) is 0 Å². The van der Waals surface area contributed by atoms with E-state index < -0.39 is 55.4 Å². The standard InChI is InChI=1S/C22H28O8/c1-12-5-6-17(28-15(4)25)13(2)10-19-20(14(3)21(26)29-19)18(9-12)30-22(27)16(11-24)7-8-23/h5,7,10,17-20,23-24H,3,6,8-9,11H2,1-2,4H3/b12-5+,13-10+,16-7+/t17-,18-,19+,20-/m0/s1. The Morgan fingerprint density at radius 1 is 1.30 bits per heavy atom. The van der Waals surface area contributed by atoms with E-state index >= 15 is 0 Å². The molecule has 1 saturated heterocycles. The second-order valence-corrected chi connectivity index (χ2v) is 7.43. The maximum atomic E-state index is 12.5. The number of carbonyl (C=O) groups is 3. The third kappa shape index (κ3) is 5.67. The van der Waals surface area contributed by atoms with Crippen molar-refractivity contribution < 1.29 is 38.8 Å². The summed E-state index contributed by atoms with van der Waals surface area (Å²) in [6.45, 7) is 7.76. The van der Waals surface area contributed by atoms with Crippen LogP contribution in [0, 0.1) is 5.92 Å². The predicted octanol–water partition coefficient (Wildman–Crippen LogP) is 1.53. The fraction of sp³-hybridized carbons (Fsp3) is 0.500. The van der Waals surface area contributed by atoms with Gasteiger partial charge in [-0.2, -0.15) is 0 Å². The molecule has 2 aliphatic rings. The van der Waals surface area contributed by atoms with Crippen molar-refractivity contribution in [2.45, 2.75) is 51.9 Å². The Bertz CT molecular complexity index is 804. The number of esters is 3. The van der Waals surface area contributed by atoms with Crippen LogP contribution in [0.3, 0.4) is 0 Å². The van der Waals surface area contributed by atoms with Crippen molar-refractivity contribution in [3.05, 3.63) is 47.1 Å². The summed E-state index contributed by atoms with van der Waals surface area (Å²) in [6, 6.07) is 0. The molecule has 0 bridgehead atoms. The lowest BCUT2D eigenvalue weighted by Crippen LogP contribution is -2.34. The monoisotopic (exact) mass is 420 g/mol. The largest absolute Gasteiger partial charge is 0.458 e. The topological polar surface area (TPSA) is 119 Å². The van der Waals surface area contributed by atoms with Gasteiger partial charge in [-0.3, -0.25) is 4.79 Å². The molecule has 1 fully saturated rings. The minimum Gasteiger partial charge on any atom is -0.458 e. The van der Waals surface area contributed by atoms with Gasteiger partial charge in [0.2, 0.25) is 0 Å². The molecule has 0 radical (unpaired) electrons. The summed E-state index contributed by atoms with van der Waals surface area (Å²) in [6.07, 6.45) is 3.45. The maximum absolute atomic E-state index is 12.5. The van der Waals surface area contributed by atoms with E-state index in [1.54, 1.807) is 13.0 Å². The molecule has 164 valence electrons. The van der Waals surface area contributed by atoms with Crippen LogP contribution in [0.25, 0.3) is 0 Å². The molecule has 1 aliphatic heterocycles. The Balaban J connectivity index is 2.42. The first-order valence-corrected chi connectivity index (χ1v) is 9.70. The molecular formula is C22H28O8. The van der Waals surface area contributed by atoms with Gasteiger partial charge in [0, 0.05) is 25.3 Å². The quantitative estimate of drug-likeness (QED) is 0.297. The molecule has 1 aliphatic carbocycles. The molecule has 1 heterocycles. The van der Waals surface area contributed by atoms with Crippen LogP contribution in [0.1, 0.15) is 33.6 Å². The van der Waals surface area contributed by atoms with Crippen molar-refractivity contribution >= 4 is 17.9 Å². The zero-order valence-electron chi connectivity index (χ0n) is 17.4. The van der Waals surface area contributed by atoms with Gasteiger partial charge in [-0.15, -0.1) is 0 Å². The van der Waals surface area contributed by atoms with E-state index in [0.717, 1.165) is 5.57 Å². The van der Waals surface area contributed by atoms with Crippen LogP contribution >= 0.6 is 0 Å². The summed E-state index contributed by atoms with van der Waals surface area (Å²) in [4.78, 5) is 36.2. The first kappa shape index (κ1) is 23.6. The zero-order chi connectivity index (χ0) is 22.4. The molecule has 30 heavy (non-hydrogen) atoms. The van der Waals surface area contributed by atoms with Gasteiger partial charge in [-0.05, 0) is 31.6 Å². The number of carbonyl (C=O) groups excluding carboxylic acids is 3. The van der Waals surface area contributed by atoms with Gasteiger partial charge in [0.05, 0.1) is 24.7 Å². The van der Waals surface area contributed by atoms with E-state index in [4.69, 9.17) is 19.3 Å². The summed E-state index contributed by atoms with van der Waals surface area (Å²) < 4.78 is 16.5. The van der Waals surface area contributed by atoms with Crippen molar-refractivity contribution in [3.8, 4) is 0 Å². The van der Waals surface area contributed by atoms with Gasteiger partial charge >= 0.3 is 17.9 Å². The number of aliphatic hydroxyl groups is 2. The molecule has 0 spiro atoms. The fourth-order valence-electron chi connectivity index (χ4n) is 3.56. The molecular weight excluding hydrogens is 392 g/mol. The number of ether oxygens (including phenoxy) is 3. The Labute approximate surface area is 175 Å². The van der Waals surface area contributed by atoms with E-state index in [9.17, 15) is 19.5 Å². The number of fused-ring (bicyclic) bond motifs is 1. The van der Waals surface area contributed by atoms with Gasteiger partial charge in [-0.25, -0.2) is 9.59 Å². The van der Waals surface area contributed by atoms with Crippen molar-refractivity contribution in [2.75, 3.05) is 13.2 Å². The van der Waals surface area contributed by atoms with Gasteiger partial charge in [0.25, 0.3) is 0 Å². The van der Waals surface area contributed by atoms with Crippen molar-refractivity contribution in [1.29, 1.82) is 0 Å². The van der Waals surface area contributed by atoms with Crippen LogP contribution < -0.4 is 0 Å². The number of aliphatic hydroxyl groups excluding tert-OH is 2. The summed E-state index contributed by atoms with van der Waals surface area (Å²) >= 11 is 0. The Kier molecular flexibility index (Phi) is 8.14.